The van der Waals surface area contributed by atoms with Gasteiger partial charge < -0.3 is 9.84 Å². The van der Waals surface area contributed by atoms with Gasteiger partial charge in [-0.25, -0.2) is 8.42 Å². The highest BCUT2D eigenvalue weighted by Crippen LogP contribution is 2.14. The molecule has 0 fully saturated rings. The van der Waals surface area contributed by atoms with Crippen molar-refractivity contribution < 1.29 is 23.1 Å². The summed E-state index contributed by atoms with van der Waals surface area (Å²) in [5.74, 6) is 4.29. The number of ether oxygens (including phenoxy) is 1. The van der Waals surface area contributed by atoms with E-state index in [4.69, 9.17) is 5.11 Å². The smallest absolute Gasteiger partial charge is 0.321 e. The lowest BCUT2D eigenvalue weighted by molar-refractivity contribution is -0.140. The fourth-order valence-electron chi connectivity index (χ4n) is 1.28. The highest BCUT2D eigenvalue weighted by Gasteiger charge is 2.23. The summed E-state index contributed by atoms with van der Waals surface area (Å²) in [4.78, 5) is 14.8. The third-order valence-corrected chi connectivity index (χ3v) is 4.08. The summed E-state index contributed by atoms with van der Waals surface area (Å²) in [5.41, 5.74) is 0.353. The molecule has 0 saturated carbocycles. The molecule has 1 aromatic rings. The topological polar surface area (TPSA) is 96.8 Å². The molecule has 0 atom stereocenters. The number of aliphatic hydroxyl groups excluding tert-OH is 1. The number of carbonyl (C=O) groups excluding carboxylic acids is 1. The monoisotopic (exact) mass is 298 g/mol. The first-order valence-corrected chi connectivity index (χ1v) is 6.93. The van der Waals surface area contributed by atoms with Gasteiger partial charge in [0.15, 0.2) is 0 Å². The number of sulfonamides is 1. The number of aliphatic hydroxyl groups is 1. The molecule has 0 bridgehead atoms. The van der Waals surface area contributed by atoms with E-state index in [0.29, 0.717) is 5.56 Å². The van der Waals surface area contributed by atoms with Crippen LogP contribution in [-0.2, 0) is 19.6 Å². The number of pyridine rings is 1. The second kappa shape index (κ2) is 7.00. The van der Waals surface area contributed by atoms with Crippen LogP contribution in [0, 0.1) is 11.8 Å². The van der Waals surface area contributed by atoms with Crippen molar-refractivity contribution in [2.24, 2.45) is 0 Å². The van der Waals surface area contributed by atoms with E-state index in [1.54, 1.807) is 0 Å². The summed E-state index contributed by atoms with van der Waals surface area (Å²) in [6.07, 6.45) is 2.54. The van der Waals surface area contributed by atoms with Crippen LogP contribution in [0.4, 0.5) is 0 Å². The van der Waals surface area contributed by atoms with Gasteiger partial charge in [0.1, 0.15) is 18.0 Å². The lowest BCUT2D eigenvalue weighted by Gasteiger charge is -2.15. The minimum atomic E-state index is -3.85. The fourth-order valence-corrected chi connectivity index (χ4v) is 2.39. The van der Waals surface area contributed by atoms with Crippen LogP contribution in [0.1, 0.15) is 5.56 Å². The predicted octanol–water partition coefficient (Wildman–Crippen LogP) is -0.781. The van der Waals surface area contributed by atoms with E-state index in [1.807, 2.05) is 0 Å². The van der Waals surface area contributed by atoms with Crippen molar-refractivity contribution in [3.05, 3.63) is 24.0 Å². The van der Waals surface area contributed by atoms with Crippen LogP contribution >= 0.6 is 0 Å². The molecule has 0 radical (unpaired) electrons. The molecule has 0 unspecified atom stereocenters. The summed E-state index contributed by atoms with van der Waals surface area (Å²) in [5, 5.41) is 8.60. The standard InChI is InChI=1S/C12H14N2O5S/c1-14(9-12(16)19-2)20(17,18)11-6-10(4-3-5-15)7-13-8-11/h6-8,15H,5,9H2,1-2H3. The Bertz CT molecular complexity index is 645. The fraction of sp³-hybridized carbons (Fsp3) is 0.333. The van der Waals surface area contributed by atoms with Gasteiger partial charge in [-0.2, -0.15) is 4.31 Å². The molecule has 108 valence electrons. The molecular weight excluding hydrogens is 284 g/mol. The van der Waals surface area contributed by atoms with Gasteiger partial charge in [-0.05, 0) is 6.07 Å². The molecule has 1 aromatic heterocycles. The summed E-state index contributed by atoms with van der Waals surface area (Å²) in [6.45, 7) is -0.732. The zero-order valence-corrected chi connectivity index (χ0v) is 11.8. The molecule has 0 amide bonds. The van der Waals surface area contributed by atoms with E-state index in [0.717, 1.165) is 10.5 Å². The molecule has 7 nitrogen and oxygen atoms in total. The van der Waals surface area contributed by atoms with Crippen molar-refractivity contribution in [3.63, 3.8) is 0 Å². The van der Waals surface area contributed by atoms with E-state index in [9.17, 15) is 13.2 Å². The molecule has 20 heavy (non-hydrogen) atoms. The molecule has 0 aliphatic rings. The van der Waals surface area contributed by atoms with Crippen molar-refractivity contribution in [2.75, 3.05) is 27.3 Å². The lowest BCUT2D eigenvalue weighted by atomic mass is 10.3. The summed E-state index contributed by atoms with van der Waals surface area (Å²) < 4.78 is 29.7. The zero-order chi connectivity index (χ0) is 15.2. The van der Waals surface area contributed by atoms with Crippen molar-refractivity contribution in [1.82, 2.24) is 9.29 Å². The Kier molecular flexibility index (Phi) is 5.64. The number of aromatic nitrogens is 1. The average Bonchev–Trinajstić information content (AvgIpc) is 2.45. The number of rotatable bonds is 4. The number of esters is 1. The van der Waals surface area contributed by atoms with Gasteiger partial charge >= 0.3 is 5.97 Å². The van der Waals surface area contributed by atoms with Gasteiger partial charge in [0.05, 0.1) is 7.11 Å². The van der Waals surface area contributed by atoms with Gasteiger partial charge in [0.2, 0.25) is 10.0 Å². The Labute approximate surface area is 117 Å². The second-order valence-electron chi connectivity index (χ2n) is 3.71. The number of hydrogen-bond acceptors (Lipinski definition) is 6. The first kappa shape index (κ1) is 16.1. The van der Waals surface area contributed by atoms with Crippen molar-refractivity contribution in [2.45, 2.75) is 4.90 Å². The number of hydrogen-bond donors (Lipinski definition) is 1. The molecule has 0 aromatic carbocycles. The molecule has 0 aliphatic carbocycles. The number of methoxy groups -OCH3 is 1. The highest BCUT2D eigenvalue weighted by atomic mass is 32.2. The average molecular weight is 298 g/mol. The predicted molar refractivity (Wildman–Crippen MR) is 70.0 cm³/mol. The summed E-state index contributed by atoms with van der Waals surface area (Å²) in [7, 11) is -1.41. The Balaban J connectivity index is 3.06. The molecule has 0 saturated heterocycles. The molecule has 1 heterocycles. The highest BCUT2D eigenvalue weighted by molar-refractivity contribution is 7.89. The van der Waals surface area contributed by atoms with Crippen LogP contribution in [-0.4, -0.2) is 56.1 Å². The Hall–Kier alpha value is -1.95. The normalized spacial score (nSPS) is 10.8. The Morgan fingerprint density at radius 2 is 2.20 bits per heavy atom. The van der Waals surface area contributed by atoms with Gasteiger partial charge in [-0.15, -0.1) is 0 Å². The summed E-state index contributed by atoms with van der Waals surface area (Å²) in [6, 6.07) is 1.32. The van der Waals surface area contributed by atoms with Gasteiger partial charge in [-0.3, -0.25) is 9.78 Å². The van der Waals surface area contributed by atoms with E-state index >= 15 is 0 Å². The minimum Gasteiger partial charge on any atom is -0.468 e. The first-order chi connectivity index (χ1) is 9.41. The molecule has 1 N–H and O–H groups in total. The van der Waals surface area contributed by atoms with E-state index < -0.39 is 22.5 Å². The maximum Gasteiger partial charge on any atom is 0.321 e. The van der Waals surface area contributed by atoms with Crippen LogP contribution in [0.25, 0.3) is 0 Å². The van der Waals surface area contributed by atoms with Crippen LogP contribution in [0.3, 0.4) is 0 Å². The third-order valence-electron chi connectivity index (χ3n) is 2.31. The Morgan fingerprint density at radius 1 is 1.50 bits per heavy atom. The first-order valence-electron chi connectivity index (χ1n) is 5.49. The Morgan fingerprint density at radius 3 is 2.80 bits per heavy atom. The van der Waals surface area contributed by atoms with E-state index in [-0.39, 0.29) is 11.5 Å². The van der Waals surface area contributed by atoms with Crippen LogP contribution < -0.4 is 0 Å². The van der Waals surface area contributed by atoms with E-state index in [2.05, 4.69) is 21.6 Å². The largest absolute Gasteiger partial charge is 0.468 e. The zero-order valence-electron chi connectivity index (χ0n) is 11.0. The van der Waals surface area contributed by atoms with Crippen LogP contribution in [0.15, 0.2) is 23.4 Å². The maximum absolute atomic E-state index is 12.2. The molecule has 1 rings (SSSR count). The molecular formula is C12H14N2O5S. The number of likely N-dealkylation sites (N-methyl/N-ethyl adjacent to an activating group) is 1. The van der Waals surface area contributed by atoms with Crippen molar-refractivity contribution in [1.29, 1.82) is 0 Å². The van der Waals surface area contributed by atoms with Crippen LogP contribution in [0.5, 0.6) is 0 Å². The van der Waals surface area contributed by atoms with Gasteiger partial charge in [-0.1, -0.05) is 11.8 Å². The van der Waals surface area contributed by atoms with Crippen LogP contribution in [0.2, 0.25) is 0 Å². The SMILES string of the molecule is COC(=O)CN(C)S(=O)(=O)c1cncc(C#CCO)c1. The quantitative estimate of drug-likeness (QED) is 0.578. The van der Waals surface area contributed by atoms with Gasteiger partial charge in [0, 0.05) is 25.0 Å². The lowest BCUT2D eigenvalue weighted by Crippen LogP contribution is -2.32. The maximum atomic E-state index is 12.2. The van der Waals surface area contributed by atoms with Gasteiger partial charge in [0.25, 0.3) is 0 Å². The van der Waals surface area contributed by atoms with Crippen molar-refractivity contribution >= 4 is 16.0 Å². The molecule has 0 spiro atoms. The second-order valence-corrected chi connectivity index (χ2v) is 5.75. The van der Waals surface area contributed by atoms with Crippen molar-refractivity contribution in [3.8, 4) is 11.8 Å². The molecule has 0 aliphatic heterocycles. The number of nitrogens with zero attached hydrogens (tertiary/aromatic N) is 2. The minimum absolute atomic E-state index is 0.0892. The third kappa shape index (κ3) is 4.03. The summed E-state index contributed by atoms with van der Waals surface area (Å²) >= 11 is 0. The molecule has 8 heteroatoms. The van der Waals surface area contributed by atoms with E-state index in [1.165, 1.54) is 26.4 Å². The number of carbonyl (C=O) groups is 1.